The normalized spacial score (nSPS) is 11.9. The van der Waals surface area contributed by atoms with Gasteiger partial charge < -0.3 is 19.6 Å². The fourth-order valence-electron chi connectivity index (χ4n) is 1.54. The molecule has 1 unspecified atom stereocenters. The standard InChI is InChI=1S/C13H17NO5/c1-4-5-18-7-11(13(16)17)14-12(15)10-6-8(2)19-9(10)3/h4,6,11H,1,5,7H2,2-3H3,(H,14,15)(H,16,17). The van der Waals surface area contributed by atoms with Gasteiger partial charge in [-0.2, -0.15) is 0 Å². The summed E-state index contributed by atoms with van der Waals surface area (Å²) in [6.45, 7) is 6.92. The number of rotatable bonds is 7. The Hall–Kier alpha value is -2.08. The molecule has 19 heavy (non-hydrogen) atoms. The Kier molecular flexibility index (Phi) is 5.32. The van der Waals surface area contributed by atoms with Crippen LogP contribution in [0.15, 0.2) is 23.1 Å². The maximum atomic E-state index is 11.9. The van der Waals surface area contributed by atoms with E-state index in [1.165, 1.54) is 6.08 Å². The lowest BCUT2D eigenvalue weighted by Crippen LogP contribution is -2.44. The quantitative estimate of drug-likeness (QED) is 0.574. The van der Waals surface area contributed by atoms with E-state index in [1.807, 2.05) is 0 Å². The molecule has 0 aliphatic heterocycles. The minimum Gasteiger partial charge on any atom is -0.480 e. The van der Waals surface area contributed by atoms with Crippen LogP contribution >= 0.6 is 0 Å². The van der Waals surface area contributed by atoms with E-state index in [0.29, 0.717) is 17.1 Å². The van der Waals surface area contributed by atoms with E-state index in [2.05, 4.69) is 11.9 Å². The molecule has 1 aromatic heterocycles. The Bertz CT molecular complexity index is 477. The first-order chi connectivity index (χ1) is 8.95. The van der Waals surface area contributed by atoms with Crippen molar-refractivity contribution < 1.29 is 23.8 Å². The summed E-state index contributed by atoms with van der Waals surface area (Å²) < 4.78 is 10.3. The van der Waals surface area contributed by atoms with Crippen LogP contribution in [0.1, 0.15) is 21.9 Å². The van der Waals surface area contributed by atoms with Gasteiger partial charge in [-0.15, -0.1) is 6.58 Å². The summed E-state index contributed by atoms with van der Waals surface area (Å²) in [6.07, 6.45) is 1.50. The van der Waals surface area contributed by atoms with E-state index in [1.54, 1.807) is 19.9 Å². The van der Waals surface area contributed by atoms with Crippen LogP contribution in [0.25, 0.3) is 0 Å². The van der Waals surface area contributed by atoms with Gasteiger partial charge in [-0.25, -0.2) is 4.79 Å². The van der Waals surface area contributed by atoms with Crippen molar-refractivity contribution in [3.63, 3.8) is 0 Å². The Morgan fingerprint density at radius 1 is 1.58 bits per heavy atom. The average Bonchev–Trinajstić information content (AvgIpc) is 2.67. The van der Waals surface area contributed by atoms with Crippen molar-refractivity contribution in [2.45, 2.75) is 19.9 Å². The Morgan fingerprint density at radius 3 is 2.74 bits per heavy atom. The van der Waals surface area contributed by atoms with Crippen molar-refractivity contribution in [3.8, 4) is 0 Å². The second-order valence-electron chi connectivity index (χ2n) is 4.02. The topological polar surface area (TPSA) is 88.8 Å². The molecule has 0 radical (unpaired) electrons. The van der Waals surface area contributed by atoms with Gasteiger partial charge in [0.2, 0.25) is 0 Å². The molecule has 1 amide bonds. The van der Waals surface area contributed by atoms with Gasteiger partial charge in [-0.1, -0.05) is 6.08 Å². The number of carbonyl (C=O) groups is 2. The number of nitrogens with one attached hydrogen (secondary N) is 1. The molecule has 0 fully saturated rings. The zero-order chi connectivity index (χ0) is 14.4. The first-order valence-corrected chi connectivity index (χ1v) is 5.75. The fourth-order valence-corrected chi connectivity index (χ4v) is 1.54. The monoisotopic (exact) mass is 267 g/mol. The molecular formula is C13H17NO5. The number of hydrogen-bond acceptors (Lipinski definition) is 4. The summed E-state index contributed by atoms with van der Waals surface area (Å²) in [4.78, 5) is 22.9. The molecule has 1 rings (SSSR count). The van der Waals surface area contributed by atoms with Gasteiger partial charge in [0.1, 0.15) is 11.5 Å². The molecule has 2 N–H and O–H groups in total. The average molecular weight is 267 g/mol. The predicted molar refractivity (Wildman–Crippen MR) is 68.1 cm³/mol. The first-order valence-electron chi connectivity index (χ1n) is 5.75. The number of carboxylic acids is 1. The third kappa shape index (κ3) is 4.26. The predicted octanol–water partition coefficient (Wildman–Crippen LogP) is 1.28. The van der Waals surface area contributed by atoms with Gasteiger partial charge in [0.05, 0.1) is 18.8 Å². The van der Waals surface area contributed by atoms with Crippen molar-refractivity contribution in [2.75, 3.05) is 13.2 Å². The molecule has 0 aromatic carbocycles. The number of aliphatic carboxylic acids is 1. The summed E-state index contributed by atoms with van der Waals surface area (Å²) >= 11 is 0. The van der Waals surface area contributed by atoms with Gasteiger partial charge in [-0.05, 0) is 19.9 Å². The molecule has 0 spiro atoms. The summed E-state index contributed by atoms with van der Waals surface area (Å²) in [5.74, 6) is -0.609. The summed E-state index contributed by atoms with van der Waals surface area (Å²) in [6, 6.07) is 0.454. The number of aryl methyl sites for hydroxylation is 2. The number of furan rings is 1. The van der Waals surface area contributed by atoms with Crippen LogP contribution in [-0.2, 0) is 9.53 Å². The second-order valence-corrected chi connectivity index (χ2v) is 4.02. The van der Waals surface area contributed by atoms with Gasteiger partial charge in [-0.3, -0.25) is 4.79 Å². The van der Waals surface area contributed by atoms with E-state index in [-0.39, 0.29) is 13.2 Å². The highest BCUT2D eigenvalue weighted by atomic mass is 16.5. The van der Waals surface area contributed by atoms with E-state index >= 15 is 0 Å². The third-order valence-electron chi connectivity index (χ3n) is 2.41. The fraction of sp³-hybridized carbons (Fsp3) is 0.385. The molecule has 0 aliphatic rings. The van der Waals surface area contributed by atoms with Crippen LogP contribution in [-0.4, -0.2) is 36.2 Å². The van der Waals surface area contributed by atoms with E-state index in [0.717, 1.165) is 0 Å². The van der Waals surface area contributed by atoms with Gasteiger partial charge in [0.25, 0.3) is 5.91 Å². The molecular weight excluding hydrogens is 250 g/mol. The molecule has 0 aliphatic carbocycles. The van der Waals surface area contributed by atoms with Crippen LogP contribution in [0.3, 0.4) is 0 Å². The van der Waals surface area contributed by atoms with Gasteiger partial charge in [0.15, 0.2) is 6.04 Å². The highest BCUT2D eigenvalue weighted by Gasteiger charge is 2.22. The van der Waals surface area contributed by atoms with Crippen LogP contribution in [0.4, 0.5) is 0 Å². The molecule has 0 bridgehead atoms. The first kappa shape index (κ1) is 15.0. The molecule has 6 heteroatoms. The largest absolute Gasteiger partial charge is 0.480 e. The maximum Gasteiger partial charge on any atom is 0.328 e. The molecule has 1 heterocycles. The highest BCUT2D eigenvalue weighted by molar-refractivity contribution is 5.97. The minimum absolute atomic E-state index is 0.122. The van der Waals surface area contributed by atoms with E-state index in [4.69, 9.17) is 14.3 Å². The lowest BCUT2D eigenvalue weighted by Gasteiger charge is -2.13. The van der Waals surface area contributed by atoms with Crippen molar-refractivity contribution in [1.29, 1.82) is 0 Å². The molecule has 6 nitrogen and oxygen atoms in total. The number of hydrogen-bond donors (Lipinski definition) is 2. The van der Waals surface area contributed by atoms with Crippen molar-refractivity contribution in [2.24, 2.45) is 0 Å². The van der Waals surface area contributed by atoms with E-state index in [9.17, 15) is 9.59 Å². The van der Waals surface area contributed by atoms with Gasteiger partial charge in [0, 0.05) is 0 Å². The summed E-state index contributed by atoms with van der Waals surface area (Å²) in [7, 11) is 0. The van der Waals surface area contributed by atoms with Crippen molar-refractivity contribution in [3.05, 3.63) is 35.8 Å². The third-order valence-corrected chi connectivity index (χ3v) is 2.41. The minimum atomic E-state index is -1.16. The number of ether oxygens (including phenoxy) is 1. The lowest BCUT2D eigenvalue weighted by atomic mass is 10.2. The van der Waals surface area contributed by atoms with Gasteiger partial charge >= 0.3 is 5.97 Å². The lowest BCUT2D eigenvalue weighted by molar-refractivity contribution is -0.140. The number of amides is 1. The van der Waals surface area contributed by atoms with Crippen LogP contribution in [0, 0.1) is 13.8 Å². The van der Waals surface area contributed by atoms with E-state index < -0.39 is 17.9 Å². The molecule has 0 saturated heterocycles. The molecule has 1 atom stereocenters. The maximum absolute atomic E-state index is 11.9. The molecule has 104 valence electrons. The smallest absolute Gasteiger partial charge is 0.328 e. The molecule has 1 aromatic rings. The SMILES string of the molecule is C=CCOCC(NC(=O)c1cc(C)oc1C)C(=O)O. The zero-order valence-corrected chi connectivity index (χ0v) is 10.9. The number of carbonyl (C=O) groups excluding carboxylic acids is 1. The van der Waals surface area contributed by atoms with Crippen LogP contribution in [0.2, 0.25) is 0 Å². The Balaban J connectivity index is 2.68. The second kappa shape index (κ2) is 6.75. The Morgan fingerprint density at radius 2 is 2.26 bits per heavy atom. The van der Waals surface area contributed by atoms with Crippen LogP contribution < -0.4 is 5.32 Å². The zero-order valence-electron chi connectivity index (χ0n) is 10.9. The van der Waals surface area contributed by atoms with Crippen LogP contribution in [0.5, 0.6) is 0 Å². The number of carboxylic acid groups (broad SMARTS) is 1. The summed E-state index contributed by atoms with van der Waals surface area (Å²) in [5, 5.41) is 11.4. The summed E-state index contributed by atoms with van der Waals surface area (Å²) in [5.41, 5.74) is 0.326. The van der Waals surface area contributed by atoms with Crippen molar-refractivity contribution in [1.82, 2.24) is 5.32 Å². The van der Waals surface area contributed by atoms with Crippen molar-refractivity contribution >= 4 is 11.9 Å². The highest BCUT2D eigenvalue weighted by Crippen LogP contribution is 2.13. The molecule has 0 saturated carbocycles. The Labute approximate surface area is 111 Å².